The molecule has 4 atom stereocenters. The molecule has 1 fully saturated rings. The Morgan fingerprint density at radius 1 is 1.16 bits per heavy atom. The quantitative estimate of drug-likeness (QED) is 0.344. The zero-order chi connectivity index (χ0) is 22.2. The van der Waals surface area contributed by atoms with Crippen molar-refractivity contribution in [3.8, 4) is 0 Å². The molecular formula is C19H23ClN6O4S. The summed E-state index contributed by atoms with van der Waals surface area (Å²) in [4.78, 5) is 8.67. The molecule has 10 nitrogen and oxygen atoms in total. The molecule has 1 aliphatic rings. The number of aromatic nitrogens is 3. The van der Waals surface area contributed by atoms with Crippen LogP contribution in [0.15, 0.2) is 42.9 Å². The Kier molecular flexibility index (Phi) is 6.15. The van der Waals surface area contributed by atoms with Gasteiger partial charge in [0.25, 0.3) is 10.2 Å². The summed E-state index contributed by atoms with van der Waals surface area (Å²) in [5, 5.41) is 30.7. The molecule has 2 heterocycles. The number of nitrogens with zero attached hydrogens (tertiary/aromatic N) is 3. The van der Waals surface area contributed by atoms with E-state index in [-0.39, 0.29) is 6.54 Å². The van der Waals surface area contributed by atoms with Gasteiger partial charge in [-0.2, -0.15) is 8.42 Å². The number of hydrogen-bond acceptors (Lipinski definition) is 7. The number of halogens is 1. The maximum absolute atomic E-state index is 11.2. The van der Waals surface area contributed by atoms with Crippen molar-refractivity contribution in [1.82, 2.24) is 19.3 Å². The van der Waals surface area contributed by atoms with Crippen molar-refractivity contribution in [3.05, 3.63) is 53.4 Å². The van der Waals surface area contributed by atoms with E-state index >= 15 is 0 Å². The zero-order valence-electron chi connectivity index (χ0n) is 16.4. The topological polar surface area (TPSA) is 155 Å². The number of aliphatic hydroxyl groups is 2. The monoisotopic (exact) mass is 466 g/mol. The van der Waals surface area contributed by atoms with Crippen molar-refractivity contribution < 1.29 is 18.6 Å². The number of anilines is 1. The SMILES string of the molecule is NS(=O)(=O)NC[C@@H]1C[C@@H](n2ccc3c(NCc4ccc(Cl)cc4)ncnc32)[C@H](O)[C@@H]1O. The first-order chi connectivity index (χ1) is 14.7. The van der Waals surface area contributed by atoms with Gasteiger partial charge in [-0.15, -0.1) is 0 Å². The van der Waals surface area contributed by atoms with Crippen molar-refractivity contribution in [2.24, 2.45) is 11.1 Å². The van der Waals surface area contributed by atoms with Gasteiger partial charge in [-0.1, -0.05) is 23.7 Å². The van der Waals surface area contributed by atoms with Gasteiger partial charge in [0, 0.05) is 30.2 Å². The Morgan fingerprint density at radius 3 is 2.61 bits per heavy atom. The standard InChI is InChI=1S/C19H23ClN6O4S/c20-13-3-1-11(2-4-13)8-22-18-14-5-6-26(19(14)24-10-23-18)15-7-12(16(27)17(15)28)9-25-31(21,29)30/h1-6,10,12,15-17,25,27-28H,7-9H2,(H2,21,29,30)(H,22,23,24)/t12-,15+,16+,17-/m0/s1. The summed E-state index contributed by atoms with van der Waals surface area (Å²) >= 11 is 5.92. The molecule has 6 N–H and O–H groups in total. The summed E-state index contributed by atoms with van der Waals surface area (Å²) in [6.07, 6.45) is 1.39. The second-order valence-corrected chi connectivity index (χ2v) is 9.42. The van der Waals surface area contributed by atoms with E-state index in [1.807, 2.05) is 30.3 Å². The summed E-state index contributed by atoms with van der Waals surface area (Å²) < 4.78 is 26.3. The third kappa shape index (κ3) is 4.81. The molecule has 4 rings (SSSR count). The minimum absolute atomic E-state index is 0.0599. The fourth-order valence-electron chi connectivity index (χ4n) is 3.97. The van der Waals surface area contributed by atoms with Crippen molar-refractivity contribution in [2.75, 3.05) is 11.9 Å². The maximum Gasteiger partial charge on any atom is 0.274 e. The first-order valence-corrected chi connectivity index (χ1v) is 11.6. The van der Waals surface area contributed by atoms with Crippen LogP contribution >= 0.6 is 11.6 Å². The third-order valence-corrected chi connectivity index (χ3v) is 6.38. The summed E-state index contributed by atoms with van der Waals surface area (Å²) in [6.45, 7) is 0.482. The summed E-state index contributed by atoms with van der Waals surface area (Å²) in [5.74, 6) is 0.152. The Balaban J connectivity index is 1.54. The van der Waals surface area contributed by atoms with Crippen LogP contribution in [-0.2, 0) is 16.8 Å². The number of benzene rings is 1. The lowest BCUT2D eigenvalue weighted by atomic mass is 10.1. The van der Waals surface area contributed by atoms with Gasteiger partial charge in [0.2, 0.25) is 0 Å². The van der Waals surface area contributed by atoms with Crippen LogP contribution in [-0.4, -0.2) is 51.9 Å². The molecule has 0 spiro atoms. The highest BCUT2D eigenvalue weighted by molar-refractivity contribution is 7.87. The first-order valence-electron chi connectivity index (χ1n) is 9.66. The van der Waals surface area contributed by atoms with Gasteiger partial charge in [-0.25, -0.2) is 19.8 Å². The van der Waals surface area contributed by atoms with Gasteiger partial charge < -0.3 is 20.1 Å². The van der Waals surface area contributed by atoms with E-state index in [9.17, 15) is 18.6 Å². The molecule has 3 aromatic rings. The van der Waals surface area contributed by atoms with Gasteiger partial charge in [0.15, 0.2) is 0 Å². The van der Waals surface area contributed by atoms with Gasteiger partial charge in [0.1, 0.15) is 23.9 Å². The number of nitrogens with two attached hydrogens (primary N) is 1. The molecule has 1 aromatic carbocycles. The molecule has 0 unspecified atom stereocenters. The predicted molar refractivity (Wildman–Crippen MR) is 117 cm³/mol. The molecule has 0 amide bonds. The van der Waals surface area contributed by atoms with Crippen molar-refractivity contribution >= 4 is 38.7 Å². The van der Waals surface area contributed by atoms with Crippen LogP contribution in [0.4, 0.5) is 5.82 Å². The van der Waals surface area contributed by atoms with Gasteiger partial charge >= 0.3 is 0 Å². The van der Waals surface area contributed by atoms with E-state index in [1.165, 1.54) is 6.33 Å². The summed E-state index contributed by atoms with van der Waals surface area (Å²) in [5.41, 5.74) is 1.64. The Bertz CT molecular complexity index is 1170. The van der Waals surface area contributed by atoms with E-state index in [0.29, 0.717) is 29.5 Å². The smallest absolute Gasteiger partial charge is 0.274 e. The van der Waals surface area contributed by atoms with Crippen molar-refractivity contribution in [1.29, 1.82) is 0 Å². The highest BCUT2D eigenvalue weighted by atomic mass is 35.5. The number of hydrogen-bond donors (Lipinski definition) is 5. The molecular weight excluding hydrogens is 444 g/mol. The van der Waals surface area contributed by atoms with Crippen molar-refractivity contribution in [3.63, 3.8) is 0 Å². The van der Waals surface area contributed by atoms with E-state index in [1.54, 1.807) is 10.8 Å². The normalized spacial score (nSPS) is 24.0. The molecule has 31 heavy (non-hydrogen) atoms. The minimum atomic E-state index is -3.88. The number of rotatable bonds is 7. The Labute approximate surface area is 184 Å². The molecule has 12 heteroatoms. The van der Waals surface area contributed by atoms with Crippen LogP contribution in [0.5, 0.6) is 0 Å². The predicted octanol–water partition coefficient (Wildman–Crippen LogP) is 0.773. The van der Waals surface area contributed by atoms with Crippen molar-refractivity contribution in [2.45, 2.75) is 31.2 Å². The zero-order valence-corrected chi connectivity index (χ0v) is 18.0. The lowest BCUT2D eigenvalue weighted by Gasteiger charge is -2.19. The van der Waals surface area contributed by atoms with Gasteiger partial charge in [0.05, 0.1) is 17.5 Å². The fraction of sp³-hybridized carbons (Fsp3) is 0.368. The lowest BCUT2D eigenvalue weighted by molar-refractivity contribution is 0.00769. The van der Waals surface area contributed by atoms with Gasteiger partial charge in [-0.05, 0) is 30.2 Å². The van der Waals surface area contributed by atoms with Crippen LogP contribution < -0.4 is 15.2 Å². The molecule has 1 saturated carbocycles. The van der Waals surface area contributed by atoms with Crippen LogP contribution in [0.2, 0.25) is 5.02 Å². The Morgan fingerprint density at radius 2 is 1.90 bits per heavy atom. The molecule has 1 aliphatic carbocycles. The fourth-order valence-corrected chi connectivity index (χ4v) is 4.54. The molecule has 0 bridgehead atoms. The minimum Gasteiger partial charge on any atom is -0.390 e. The molecule has 0 radical (unpaired) electrons. The molecule has 2 aromatic heterocycles. The highest BCUT2D eigenvalue weighted by Gasteiger charge is 2.43. The second-order valence-electron chi connectivity index (χ2n) is 7.60. The first kappa shape index (κ1) is 21.9. The average molecular weight is 467 g/mol. The number of fused-ring (bicyclic) bond motifs is 1. The van der Waals surface area contributed by atoms with E-state index in [2.05, 4.69) is 20.0 Å². The van der Waals surface area contributed by atoms with Crippen LogP contribution in [0.1, 0.15) is 18.0 Å². The number of aliphatic hydroxyl groups excluding tert-OH is 2. The lowest BCUT2D eigenvalue weighted by Crippen LogP contribution is -2.38. The van der Waals surface area contributed by atoms with E-state index in [4.69, 9.17) is 16.7 Å². The molecule has 0 aliphatic heterocycles. The highest BCUT2D eigenvalue weighted by Crippen LogP contribution is 2.37. The largest absolute Gasteiger partial charge is 0.390 e. The van der Waals surface area contributed by atoms with Crippen LogP contribution in [0.25, 0.3) is 11.0 Å². The van der Waals surface area contributed by atoms with Crippen LogP contribution in [0, 0.1) is 5.92 Å². The third-order valence-electron chi connectivity index (χ3n) is 5.56. The van der Waals surface area contributed by atoms with E-state index < -0.39 is 34.4 Å². The maximum atomic E-state index is 11.2. The van der Waals surface area contributed by atoms with Crippen LogP contribution in [0.3, 0.4) is 0 Å². The Hall–Kier alpha value is -2.28. The summed E-state index contributed by atoms with van der Waals surface area (Å²) in [7, 11) is -3.88. The van der Waals surface area contributed by atoms with E-state index in [0.717, 1.165) is 10.9 Å². The second kappa shape index (κ2) is 8.69. The number of nitrogens with one attached hydrogen (secondary N) is 2. The summed E-state index contributed by atoms with van der Waals surface area (Å²) in [6, 6.07) is 8.85. The molecule has 166 valence electrons. The molecule has 0 saturated heterocycles. The average Bonchev–Trinajstić information content (AvgIpc) is 3.27. The van der Waals surface area contributed by atoms with Gasteiger partial charge in [-0.3, -0.25) is 0 Å².